The van der Waals surface area contributed by atoms with Crippen molar-refractivity contribution in [3.63, 3.8) is 0 Å². The highest BCUT2D eigenvalue weighted by Crippen LogP contribution is 2.63. The van der Waals surface area contributed by atoms with Crippen molar-refractivity contribution in [2.75, 3.05) is 59.1 Å². The number of nitrogens with zero attached hydrogens (tertiary/aromatic N) is 2. The summed E-state index contributed by atoms with van der Waals surface area (Å²) >= 11 is 0. The largest absolute Gasteiger partial charge is 0.456 e. The molecule has 0 aromatic heterocycles. The van der Waals surface area contributed by atoms with E-state index >= 15 is 0 Å². The molecule has 0 radical (unpaired) electrons. The van der Waals surface area contributed by atoms with Gasteiger partial charge in [-0.25, -0.2) is 19.6 Å². The standard InChI is InChI=1S/C40H61F3N2O10/c1-24-7-9-30-26(3)37(6,51-34-38(30)28(24)11-14-36(5,50-34)53-54-38)47-22-20-45-17-15-44(16-18-45)19-21-46-23-27-31-10-8-25(2)29-12-13-35(4)49-33(39(29,31)55-52-35)48-32(27)40(41,42)43/h24-26,28-31,33-34H,7-23H2,1-6H3/t24-,25-,26-,28+,29+,30+,31+,33-,34+,35+,36+,37+,38-,39-/m1/s1. The smallest absolute Gasteiger partial charge is 0.449 e. The second-order valence-electron chi connectivity index (χ2n) is 18.7. The Morgan fingerprint density at radius 2 is 1.25 bits per heavy atom. The first-order chi connectivity index (χ1) is 26.1. The molecule has 4 bridgehead atoms. The van der Waals surface area contributed by atoms with E-state index in [1.165, 1.54) is 0 Å². The third-order valence-corrected chi connectivity index (χ3v) is 15.5. The minimum Gasteiger partial charge on any atom is -0.456 e. The van der Waals surface area contributed by atoms with E-state index in [2.05, 4.69) is 37.5 Å². The molecule has 2 spiro atoms. The highest BCUT2D eigenvalue weighted by molar-refractivity contribution is 5.28. The molecule has 12 nitrogen and oxygen atoms in total. The van der Waals surface area contributed by atoms with Gasteiger partial charge >= 0.3 is 6.18 Å². The van der Waals surface area contributed by atoms with Crippen LogP contribution in [0.2, 0.25) is 0 Å². The number of allylic oxidation sites excluding steroid dienone is 1. The average molecular weight is 787 g/mol. The molecule has 0 unspecified atom stereocenters. The Bertz CT molecular complexity index is 1480. The van der Waals surface area contributed by atoms with Crippen LogP contribution in [0.4, 0.5) is 13.2 Å². The molecular formula is C40H61F3N2O10. The van der Waals surface area contributed by atoms with Crippen LogP contribution < -0.4 is 0 Å². The predicted octanol–water partition coefficient (Wildman–Crippen LogP) is 6.30. The molecule has 8 saturated heterocycles. The molecule has 2 saturated carbocycles. The maximum absolute atomic E-state index is 14.5. The van der Waals surface area contributed by atoms with Gasteiger partial charge < -0.3 is 28.4 Å². The lowest BCUT2D eigenvalue weighted by Crippen LogP contribution is -2.73. The molecule has 15 heteroatoms. The first-order valence-electron chi connectivity index (χ1n) is 21.0. The molecule has 0 amide bonds. The van der Waals surface area contributed by atoms with Crippen LogP contribution in [0.1, 0.15) is 92.9 Å². The summed E-state index contributed by atoms with van der Waals surface area (Å²) in [6, 6.07) is 0. The van der Waals surface area contributed by atoms with Crippen LogP contribution in [0.25, 0.3) is 0 Å². The Hall–Kier alpha value is -1.11. The predicted molar refractivity (Wildman–Crippen MR) is 188 cm³/mol. The zero-order valence-electron chi connectivity index (χ0n) is 33.3. The third kappa shape index (κ3) is 6.44. The molecule has 0 aromatic rings. The molecule has 10 fully saturated rings. The van der Waals surface area contributed by atoms with Gasteiger partial charge in [-0.2, -0.15) is 13.2 Å². The van der Waals surface area contributed by atoms with Gasteiger partial charge in [0.25, 0.3) is 0 Å². The van der Waals surface area contributed by atoms with Crippen molar-refractivity contribution in [2.24, 2.45) is 41.4 Å². The zero-order valence-corrected chi connectivity index (χ0v) is 33.3. The molecule has 0 aromatic carbocycles. The summed E-state index contributed by atoms with van der Waals surface area (Å²) < 4.78 is 81.4. The number of alkyl halides is 3. The minimum atomic E-state index is -4.68. The number of hydrogen-bond acceptors (Lipinski definition) is 12. The van der Waals surface area contributed by atoms with Crippen LogP contribution in [0.5, 0.6) is 0 Å². The Morgan fingerprint density at radius 1 is 0.673 bits per heavy atom. The van der Waals surface area contributed by atoms with Crippen molar-refractivity contribution in [1.82, 2.24) is 9.80 Å². The number of rotatable bonds is 9. The maximum Gasteiger partial charge on any atom is 0.449 e. The lowest BCUT2D eigenvalue weighted by atomic mass is 9.57. The highest BCUT2D eigenvalue weighted by atomic mass is 19.4. The first kappa shape index (κ1) is 39.4. The fourth-order valence-corrected chi connectivity index (χ4v) is 12.1. The summed E-state index contributed by atoms with van der Waals surface area (Å²) in [4.78, 5) is 28.8. The number of hydrogen-bond donors (Lipinski definition) is 0. The molecule has 11 aliphatic rings. The molecule has 0 N–H and O–H groups in total. The van der Waals surface area contributed by atoms with Crippen molar-refractivity contribution in [1.29, 1.82) is 0 Å². The normalized spacial score (nSPS) is 49.9. The molecular weight excluding hydrogens is 725 g/mol. The number of halogens is 3. The van der Waals surface area contributed by atoms with Crippen LogP contribution in [0, 0.1) is 41.4 Å². The topological polar surface area (TPSA) is 98.8 Å². The lowest BCUT2D eigenvalue weighted by Gasteiger charge is -2.62. The van der Waals surface area contributed by atoms with Gasteiger partial charge in [-0.15, -0.1) is 0 Å². The molecule has 2 aliphatic carbocycles. The monoisotopic (exact) mass is 786 g/mol. The van der Waals surface area contributed by atoms with E-state index in [0.29, 0.717) is 44.4 Å². The molecule has 9 heterocycles. The van der Waals surface area contributed by atoms with Gasteiger partial charge in [-0.1, -0.05) is 20.8 Å². The molecule has 55 heavy (non-hydrogen) atoms. The van der Waals surface area contributed by atoms with E-state index in [-0.39, 0.29) is 35.9 Å². The quantitative estimate of drug-likeness (QED) is 0.194. The van der Waals surface area contributed by atoms with Gasteiger partial charge in [0.2, 0.25) is 23.6 Å². The first-order valence-corrected chi connectivity index (χ1v) is 21.0. The summed E-state index contributed by atoms with van der Waals surface area (Å²) in [7, 11) is 0. The Balaban J connectivity index is 0.770. The summed E-state index contributed by atoms with van der Waals surface area (Å²) in [5, 5.41) is 0. The summed E-state index contributed by atoms with van der Waals surface area (Å²) in [6.07, 6.45) is 0.0661. The van der Waals surface area contributed by atoms with E-state index in [1.54, 1.807) is 6.92 Å². The van der Waals surface area contributed by atoms with Gasteiger partial charge in [0.1, 0.15) is 0 Å². The van der Waals surface area contributed by atoms with Crippen LogP contribution in [0.15, 0.2) is 11.3 Å². The zero-order chi connectivity index (χ0) is 38.6. The SMILES string of the molecule is C[C@@H]1CC[C@H]2[C@@H](C)[C@@](C)(OCCN3CCN(CCOCC4=C(C(F)(F)F)O[C@@H]5O[C@]6(C)CC[C@H]7[C@H](C)CC[C@@H]4[C@@]57OO6)CC3)O[C@@H]3O[C@]4(C)CC[C@@H]1[C@]32OO4. The van der Waals surface area contributed by atoms with E-state index in [4.69, 9.17) is 48.0 Å². The molecule has 11 rings (SSSR count). The van der Waals surface area contributed by atoms with Crippen molar-refractivity contribution in [2.45, 2.75) is 140 Å². The van der Waals surface area contributed by atoms with Gasteiger partial charge in [0.15, 0.2) is 23.3 Å². The van der Waals surface area contributed by atoms with Crippen molar-refractivity contribution < 1.29 is 61.1 Å². The number of ether oxygens (including phenoxy) is 6. The fourth-order valence-electron chi connectivity index (χ4n) is 12.1. The van der Waals surface area contributed by atoms with Crippen LogP contribution in [-0.4, -0.2) is 116 Å². The van der Waals surface area contributed by atoms with E-state index in [1.807, 2.05) is 6.92 Å². The average Bonchev–Trinajstić information content (AvgIpc) is 3.51. The second-order valence-corrected chi connectivity index (χ2v) is 18.7. The maximum atomic E-state index is 14.5. The molecule has 312 valence electrons. The van der Waals surface area contributed by atoms with Gasteiger partial charge in [0.05, 0.1) is 19.8 Å². The van der Waals surface area contributed by atoms with E-state index < -0.39 is 59.0 Å². The van der Waals surface area contributed by atoms with Crippen LogP contribution >= 0.6 is 0 Å². The molecule has 14 atom stereocenters. The van der Waals surface area contributed by atoms with Crippen molar-refractivity contribution in [3.05, 3.63) is 11.3 Å². The van der Waals surface area contributed by atoms with Gasteiger partial charge in [-0.3, -0.25) is 9.80 Å². The fraction of sp³-hybridized carbons (Fsp3) is 0.950. The van der Waals surface area contributed by atoms with E-state index in [9.17, 15) is 13.2 Å². The van der Waals surface area contributed by atoms with Crippen LogP contribution in [-0.2, 0) is 48.0 Å². The second kappa shape index (κ2) is 14.0. The highest BCUT2D eigenvalue weighted by Gasteiger charge is 2.72. The molecule has 9 aliphatic heterocycles. The summed E-state index contributed by atoms with van der Waals surface area (Å²) in [5.74, 6) is -3.10. The third-order valence-electron chi connectivity index (χ3n) is 15.5. The number of fused-ring (bicyclic) bond motifs is 4. The Kier molecular flexibility index (Phi) is 10.0. The van der Waals surface area contributed by atoms with Crippen molar-refractivity contribution in [3.8, 4) is 0 Å². The van der Waals surface area contributed by atoms with E-state index in [0.717, 1.165) is 71.2 Å². The van der Waals surface area contributed by atoms with Crippen molar-refractivity contribution >= 4 is 0 Å². The van der Waals surface area contributed by atoms with Gasteiger partial charge in [-0.05, 0) is 77.0 Å². The minimum absolute atomic E-state index is 0.0527. The Morgan fingerprint density at radius 3 is 1.91 bits per heavy atom. The summed E-state index contributed by atoms with van der Waals surface area (Å²) in [6.45, 7) is 17.8. The number of piperazine rings is 1. The lowest BCUT2D eigenvalue weighted by molar-refractivity contribution is -0.585. The Labute approximate surface area is 322 Å². The summed E-state index contributed by atoms with van der Waals surface area (Å²) in [5.41, 5.74) is -1.65. The van der Waals surface area contributed by atoms with Gasteiger partial charge in [0, 0.05) is 81.4 Å². The van der Waals surface area contributed by atoms with Crippen LogP contribution in [0.3, 0.4) is 0 Å².